The van der Waals surface area contributed by atoms with Gasteiger partial charge in [0.05, 0.1) is 11.5 Å². The fourth-order valence-electron chi connectivity index (χ4n) is 2.80. The van der Waals surface area contributed by atoms with Crippen molar-refractivity contribution in [1.82, 2.24) is 4.90 Å². The van der Waals surface area contributed by atoms with Crippen LogP contribution in [0.25, 0.3) is 0 Å². The third kappa shape index (κ3) is 3.40. The number of hydrogen-bond acceptors (Lipinski definition) is 5. The first-order valence-corrected chi connectivity index (χ1v) is 7.85. The van der Waals surface area contributed by atoms with Gasteiger partial charge in [0.1, 0.15) is 6.61 Å². The van der Waals surface area contributed by atoms with E-state index in [4.69, 9.17) is 9.47 Å². The summed E-state index contributed by atoms with van der Waals surface area (Å²) in [6, 6.07) is 11.9. The summed E-state index contributed by atoms with van der Waals surface area (Å²) in [5, 5.41) is 11.0. The van der Waals surface area contributed by atoms with E-state index in [2.05, 4.69) is 0 Å². The molecule has 1 atom stereocenters. The van der Waals surface area contributed by atoms with E-state index in [1.54, 1.807) is 20.0 Å². The molecular weight excluding hydrogens is 324 g/mol. The average molecular weight is 342 g/mol. The van der Waals surface area contributed by atoms with Crippen LogP contribution in [0.2, 0.25) is 0 Å². The quantitative estimate of drug-likeness (QED) is 0.630. The number of carbonyl (C=O) groups is 1. The molecular formula is C18H18N2O5. The maximum absolute atomic E-state index is 12.7. The lowest BCUT2D eigenvalue weighted by Crippen LogP contribution is -2.42. The second-order valence-corrected chi connectivity index (χ2v) is 5.89. The van der Waals surface area contributed by atoms with Crippen molar-refractivity contribution in [2.45, 2.75) is 13.0 Å². The van der Waals surface area contributed by atoms with E-state index in [-0.39, 0.29) is 17.7 Å². The van der Waals surface area contributed by atoms with Crippen molar-refractivity contribution in [2.75, 3.05) is 20.2 Å². The Morgan fingerprint density at radius 1 is 1.24 bits per heavy atom. The number of rotatable bonds is 4. The van der Waals surface area contributed by atoms with Gasteiger partial charge in [-0.1, -0.05) is 18.2 Å². The minimum Gasteiger partial charge on any atom is -0.486 e. The van der Waals surface area contributed by atoms with Gasteiger partial charge < -0.3 is 14.4 Å². The Balaban J connectivity index is 1.72. The molecule has 0 fully saturated rings. The summed E-state index contributed by atoms with van der Waals surface area (Å²) in [5.41, 5.74) is 0.606. The Bertz CT molecular complexity index is 821. The summed E-state index contributed by atoms with van der Waals surface area (Å²) in [7, 11) is 1.64. The van der Waals surface area contributed by atoms with Gasteiger partial charge in [-0.15, -0.1) is 0 Å². The van der Waals surface area contributed by atoms with Gasteiger partial charge in [-0.3, -0.25) is 14.9 Å². The van der Waals surface area contributed by atoms with Crippen LogP contribution >= 0.6 is 0 Å². The van der Waals surface area contributed by atoms with Gasteiger partial charge in [0.2, 0.25) is 0 Å². The number of carbonyl (C=O) groups excluding carboxylic acids is 1. The third-order valence-corrected chi connectivity index (χ3v) is 4.12. The number of ether oxygens (including phenoxy) is 2. The number of amides is 1. The zero-order chi connectivity index (χ0) is 18.0. The Kier molecular flexibility index (Phi) is 4.56. The molecule has 0 spiro atoms. The molecule has 1 aliphatic rings. The summed E-state index contributed by atoms with van der Waals surface area (Å²) in [6.07, 6.45) is -0.303. The van der Waals surface area contributed by atoms with Crippen LogP contribution < -0.4 is 9.47 Å². The normalized spacial score (nSPS) is 15.5. The van der Waals surface area contributed by atoms with Gasteiger partial charge in [-0.25, -0.2) is 0 Å². The molecule has 1 amide bonds. The Morgan fingerprint density at radius 2 is 1.96 bits per heavy atom. The molecule has 130 valence electrons. The first kappa shape index (κ1) is 16.8. The van der Waals surface area contributed by atoms with E-state index >= 15 is 0 Å². The Morgan fingerprint density at radius 3 is 2.68 bits per heavy atom. The van der Waals surface area contributed by atoms with Gasteiger partial charge in [0, 0.05) is 24.2 Å². The van der Waals surface area contributed by atoms with Crippen LogP contribution in [0.15, 0.2) is 42.5 Å². The van der Waals surface area contributed by atoms with Crippen molar-refractivity contribution in [3.05, 3.63) is 63.7 Å². The van der Waals surface area contributed by atoms with E-state index in [9.17, 15) is 14.9 Å². The number of para-hydroxylation sites is 2. The van der Waals surface area contributed by atoms with E-state index in [0.717, 1.165) is 0 Å². The first-order chi connectivity index (χ1) is 12.0. The summed E-state index contributed by atoms with van der Waals surface area (Å²) in [6.45, 7) is 2.23. The Labute approximate surface area is 144 Å². The fraction of sp³-hybridized carbons (Fsp3) is 0.278. The molecule has 1 heterocycles. The van der Waals surface area contributed by atoms with Gasteiger partial charge in [-0.05, 0) is 25.1 Å². The molecule has 7 nitrogen and oxygen atoms in total. The highest BCUT2D eigenvalue weighted by molar-refractivity contribution is 5.96. The van der Waals surface area contributed by atoms with Gasteiger partial charge in [-0.2, -0.15) is 0 Å². The minimum absolute atomic E-state index is 0.0644. The molecule has 7 heteroatoms. The van der Waals surface area contributed by atoms with E-state index < -0.39 is 4.92 Å². The molecule has 0 bridgehead atoms. The molecule has 0 aromatic heterocycles. The molecule has 0 saturated heterocycles. The van der Waals surface area contributed by atoms with Crippen molar-refractivity contribution in [2.24, 2.45) is 0 Å². The van der Waals surface area contributed by atoms with E-state index in [1.807, 2.05) is 24.3 Å². The highest BCUT2D eigenvalue weighted by atomic mass is 16.6. The largest absolute Gasteiger partial charge is 0.486 e. The summed E-state index contributed by atoms with van der Waals surface area (Å²) < 4.78 is 11.5. The van der Waals surface area contributed by atoms with Crippen LogP contribution in [0.4, 0.5) is 5.69 Å². The molecule has 25 heavy (non-hydrogen) atoms. The molecule has 0 aliphatic carbocycles. The topological polar surface area (TPSA) is 81.9 Å². The van der Waals surface area contributed by atoms with Gasteiger partial charge >= 0.3 is 0 Å². The number of nitro benzene ring substituents is 1. The molecule has 0 radical (unpaired) electrons. The maximum atomic E-state index is 12.7. The zero-order valence-corrected chi connectivity index (χ0v) is 14.0. The highest BCUT2D eigenvalue weighted by Gasteiger charge is 2.26. The van der Waals surface area contributed by atoms with Crippen LogP contribution in [0.3, 0.4) is 0 Å². The van der Waals surface area contributed by atoms with Gasteiger partial charge in [0.25, 0.3) is 11.6 Å². The molecule has 0 N–H and O–H groups in total. The molecule has 2 aromatic rings. The average Bonchev–Trinajstić information content (AvgIpc) is 2.61. The second kappa shape index (κ2) is 6.80. The molecule has 1 aliphatic heterocycles. The zero-order valence-electron chi connectivity index (χ0n) is 14.0. The van der Waals surface area contributed by atoms with E-state index in [1.165, 1.54) is 17.0 Å². The van der Waals surface area contributed by atoms with E-state index in [0.29, 0.717) is 35.8 Å². The maximum Gasteiger partial charge on any atom is 0.273 e. The number of hydrogen-bond donors (Lipinski definition) is 0. The molecule has 2 aromatic carbocycles. The van der Waals surface area contributed by atoms with Crippen molar-refractivity contribution in [3.8, 4) is 11.5 Å². The third-order valence-electron chi connectivity index (χ3n) is 4.12. The number of fused-ring (bicyclic) bond motifs is 1. The number of benzene rings is 2. The summed E-state index contributed by atoms with van der Waals surface area (Å²) >= 11 is 0. The predicted molar refractivity (Wildman–Crippen MR) is 91.1 cm³/mol. The van der Waals surface area contributed by atoms with Gasteiger partial charge in [0.15, 0.2) is 17.6 Å². The van der Waals surface area contributed by atoms with Crippen LogP contribution in [-0.4, -0.2) is 42.0 Å². The predicted octanol–water partition coefficient (Wildman–Crippen LogP) is 2.82. The fourth-order valence-corrected chi connectivity index (χ4v) is 2.80. The van der Waals surface area contributed by atoms with Crippen LogP contribution in [0, 0.1) is 17.0 Å². The second-order valence-electron chi connectivity index (χ2n) is 5.89. The SMILES string of the molecule is Cc1c(C(=O)N(C)C[C@@H]2COc3ccccc3O2)cccc1[N+](=O)[O-]. The monoisotopic (exact) mass is 342 g/mol. The number of likely N-dealkylation sites (N-methyl/N-ethyl adjacent to an activating group) is 1. The van der Waals surface area contributed by atoms with Crippen molar-refractivity contribution < 1.29 is 19.2 Å². The van der Waals surface area contributed by atoms with Crippen LogP contribution in [0.5, 0.6) is 11.5 Å². The van der Waals surface area contributed by atoms with Crippen molar-refractivity contribution in [1.29, 1.82) is 0 Å². The molecule has 0 unspecified atom stereocenters. The number of nitro groups is 1. The smallest absolute Gasteiger partial charge is 0.273 e. The van der Waals surface area contributed by atoms with Crippen molar-refractivity contribution >= 4 is 11.6 Å². The first-order valence-electron chi connectivity index (χ1n) is 7.85. The van der Waals surface area contributed by atoms with Crippen molar-refractivity contribution in [3.63, 3.8) is 0 Å². The lowest BCUT2D eigenvalue weighted by molar-refractivity contribution is -0.385. The summed E-state index contributed by atoms with van der Waals surface area (Å²) in [4.78, 5) is 24.7. The lowest BCUT2D eigenvalue weighted by atomic mass is 10.1. The van der Waals surface area contributed by atoms with Crippen LogP contribution in [-0.2, 0) is 0 Å². The molecule has 3 rings (SSSR count). The summed E-state index contributed by atoms with van der Waals surface area (Å²) in [5.74, 6) is 1.04. The minimum atomic E-state index is -0.485. The Hall–Kier alpha value is -3.09. The standard InChI is InChI=1S/C18H18N2O5/c1-12-14(6-5-7-15(12)20(22)23)18(21)19(2)10-13-11-24-16-8-3-4-9-17(16)25-13/h3-9,13H,10-11H2,1-2H3/t13-/m1/s1. The highest BCUT2D eigenvalue weighted by Crippen LogP contribution is 2.31. The lowest BCUT2D eigenvalue weighted by Gasteiger charge is -2.29. The molecule has 0 saturated carbocycles. The van der Waals surface area contributed by atoms with Crippen LogP contribution in [0.1, 0.15) is 15.9 Å². The number of nitrogens with zero attached hydrogens (tertiary/aromatic N) is 2.